The van der Waals surface area contributed by atoms with Gasteiger partial charge in [-0.1, -0.05) is 48.6 Å². The van der Waals surface area contributed by atoms with E-state index in [1.54, 1.807) is 31.5 Å². The first-order valence-electron chi connectivity index (χ1n) is 11.7. The molecule has 2 aromatic carbocycles. The van der Waals surface area contributed by atoms with Crippen LogP contribution in [0.25, 0.3) is 0 Å². The lowest BCUT2D eigenvalue weighted by Crippen LogP contribution is -2.42. The highest BCUT2D eigenvalue weighted by atomic mass is 16.5. The van der Waals surface area contributed by atoms with Crippen LogP contribution in [0.5, 0.6) is 11.5 Å². The topological polar surface area (TPSA) is 68.7 Å². The fourth-order valence-electron chi connectivity index (χ4n) is 4.53. The van der Waals surface area contributed by atoms with Crippen molar-refractivity contribution in [2.24, 2.45) is 5.92 Å². The highest BCUT2D eigenvalue weighted by Gasteiger charge is 2.32. The minimum absolute atomic E-state index is 0.0270. The second kappa shape index (κ2) is 11.5. The molecule has 0 spiro atoms. The van der Waals surface area contributed by atoms with Gasteiger partial charge in [0.2, 0.25) is 5.91 Å². The molecular weight excluding hydrogens is 440 g/mol. The van der Waals surface area contributed by atoms with Crippen LogP contribution in [0.3, 0.4) is 0 Å². The van der Waals surface area contributed by atoms with Crippen molar-refractivity contribution in [3.8, 4) is 11.5 Å². The number of carbonyl (C=O) groups is 2. The molecule has 180 valence electrons. The van der Waals surface area contributed by atoms with Gasteiger partial charge in [-0.3, -0.25) is 14.6 Å². The SMILES string of the molecule is COc1ccc(C(=O)CC(Cc2ccccc2)C(=O)N2CC=CCC2c2cccnc2)cc1OC. The summed E-state index contributed by atoms with van der Waals surface area (Å²) in [5.74, 6) is 0.415. The van der Waals surface area contributed by atoms with Crippen molar-refractivity contribution >= 4 is 11.7 Å². The minimum Gasteiger partial charge on any atom is -0.493 e. The Morgan fingerprint density at radius 1 is 1.00 bits per heavy atom. The lowest BCUT2D eigenvalue weighted by Gasteiger charge is -2.35. The molecule has 0 radical (unpaired) electrons. The molecule has 4 rings (SSSR count). The number of benzene rings is 2. The minimum atomic E-state index is -0.497. The van der Waals surface area contributed by atoms with Crippen LogP contribution in [-0.2, 0) is 11.2 Å². The molecule has 1 amide bonds. The lowest BCUT2D eigenvalue weighted by atomic mass is 9.89. The van der Waals surface area contributed by atoms with Gasteiger partial charge < -0.3 is 14.4 Å². The normalized spacial score (nSPS) is 15.9. The van der Waals surface area contributed by atoms with Crippen LogP contribution < -0.4 is 9.47 Å². The number of rotatable bonds is 9. The summed E-state index contributed by atoms with van der Waals surface area (Å²) < 4.78 is 10.7. The average Bonchev–Trinajstić information content (AvgIpc) is 2.92. The van der Waals surface area contributed by atoms with Gasteiger partial charge in [-0.2, -0.15) is 0 Å². The van der Waals surface area contributed by atoms with E-state index in [1.165, 1.54) is 7.11 Å². The smallest absolute Gasteiger partial charge is 0.227 e. The number of nitrogens with zero attached hydrogens (tertiary/aromatic N) is 2. The standard InChI is InChI=1S/C29H30N2O4/c1-34-27-14-13-22(19-28(27)35-2)26(32)18-24(17-21-9-4-3-5-10-21)29(33)31-16-7-6-12-25(31)23-11-8-15-30-20-23/h3-11,13-15,19-20,24-25H,12,16-18H2,1-2H3. The Hall–Kier alpha value is -3.93. The molecule has 6 heteroatoms. The van der Waals surface area contributed by atoms with Gasteiger partial charge in [0.15, 0.2) is 17.3 Å². The zero-order chi connectivity index (χ0) is 24.6. The molecule has 0 N–H and O–H groups in total. The molecule has 0 bridgehead atoms. The predicted octanol–water partition coefficient (Wildman–Crippen LogP) is 5.06. The van der Waals surface area contributed by atoms with E-state index >= 15 is 0 Å². The van der Waals surface area contributed by atoms with Crippen molar-refractivity contribution in [1.29, 1.82) is 0 Å². The van der Waals surface area contributed by atoms with Crippen LogP contribution in [0, 0.1) is 5.92 Å². The Balaban J connectivity index is 1.61. The zero-order valence-corrected chi connectivity index (χ0v) is 20.1. The maximum Gasteiger partial charge on any atom is 0.227 e. The van der Waals surface area contributed by atoms with Gasteiger partial charge in [-0.05, 0) is 48.2 Å². The third kappa shape index (κ3) is 5.77. The molecule has 6 nitrogen and oxygen atoms in total. The fraction of sp³-hybridized carbons (Fsp3) is 0.276. The summed E-state index contributed by atoms with van der Waals surface area (Å²) in [7, 11) is 3.09. The molecule has 0 aliphatic carbocycles. The molecule has 2 atom stereocenters. The maximum atomic E-state index is 14.0. The number of ether oxygens (including phenoxy) is 2. The molecule has 1 aromatic heterocycles. The van der Waals surface area contributed by atoms with Crippen molar-refractivity contribution in [2.45, 2.75) is 25.3 Å². The molecule has 0 saturated heterocycles. The molecule has 2 heterocycles. The van der Waals surface area contributed by atoms with E-state index in [-0.39, 0.29) is 24.2 Å². The number of methoxy groups -OCH3 is 2. The van der Waals surface area contributed by atoms with Crippen molar-refractivity contribution in [1.82, 2.24) is 9.88 Å². The van der Waals surface area contributed by atoms with Gasteiger partial charge >= 0.3 is 0 Å². The largest absolute Gasteiger partial charge is 0.493 e. The third-order valence-corrected chi connectivity index (χ3v) is 6.37. The summed E-state index contributed by atoms with van der Waals surface area (Å²) in [6, 6.07) is 18.7. The first-order valence-corrected chi connectivity index (χ1v) is 11.7. The highest BCUT2D eigenvalue weighted by Crippen LogP contribution is 2.32. The van der Waals surface area contributed by atoms with Gasteiger partial charge in [0, 0.05) is 36.8 Å². The fourth-order valence-corrected chi connectivity index (χ4v) is 4.53. The molecule has 2 unspecified atom stereocenters. The van der Waals surface area contributed by atoms with E-state index in [9.17, 15) is 9.59 Å². The van der Waals surface area contributed by atoms with E-state index in [4.69, 9.17) is 9.47 Å². The first kappa shape index (κ1) is 24.2. The van der Waals surface area contributed by atoms with Crippen LogP contribution in [-0.4, -0.2) is 42.3 Å². The number of pyridine rings is 1. The van der Waals surface area contributed by atoms with Crippen molar-refractivity contribution in [3.63, 3.8) is 0 Å². The van der Waals surface area contributed by atoms with Crippen LogP contribution in [0.1, 0.15) is 40.4 Å². The second-order valence-electron chi connectivity index (χ2n) is 8.58. The van der Waals surface area contributed by atoms with Crippen LogP contribution in [0.2, 0.25) is 0 Å². The molecule has 0 saturated carbocycles. The van der Waals surface area contributed by atoms with Crippen molar-refractivity contribution in [2.75, 3.05) is 20.8 Å². The van der Waals surface area contributed by atoms with Gasteiger partial charge in [0.1, 0.15) is 0 Å². The summed E-state index contributed by atoms with van der Waals surface area (Å²) in [5.41, 5.74) is 2.52. The summed E-state index contributed by atoms with van der Waals surface area (Å²) in [4.78, 5) is 33.4. The average molecular weight is 471 g/mol. The van der Waals surface area contributed by atoms with E-state index in [0.29, 0.717) is 30.0 Å². The lowest BCUT2D eigenvalue weighted by molar-refractivity contribution is -0.137. The van der Waals surface area contributed by atoms with Crippen LogP contribution in [0.15, 0.2) is 85.2 Å². The Morgan fingerprint density at radius 3 is 2.51 bits per heavy atom. The molecule has 1 aliphatic rings. The first-order chi connectivity index (χ1) is 17.1. The number of carbonyl (C=O) groups excluding carboxylic acids is 2. The van der Waals surface area contributed by atoms with E-state index in [2.05, 4.69) is 11.1 Å². The Morgan fingerprint density at radius 2 is 1.80 bits per heavy atom. The number of hydrogen-bond acceptors (Lipinski definition) is 5. The maximum absolute atomic E-state index is 14.0. The molecule has 35 heavy (non-hydrogen) atoms. The van der Waals surface area contributed by atoms with E-state index in [1.807, 2.05) is 59.6 Å². The predicted molar refractivity (Wildman–Crippen MR) is 135 cm³/mol. The third-order valence-electron chi connectivity index (χ3n) is 6.37. The van der Waals surface area contributed by atoms with Gasteiger partial charge in [-0.25, -0.2) is 0 Å². The summed E-state index contributed by atoms with van der Waals surface area (Å²) in [6.07, 6.45) is 8.96. The number of amides is 1. The molecule has 3 aromatic rings. The van der Waals surface area contributed by atoms with Crippen molar-refractivity contribution < 1.29 is 19.1 Å². The summed E-state index contributed by atoms with van der Waals surface area (Å²) >= 11 is 0. The summed E-state index contributed by atoms with van der Waals surface area (Å²) in [6.45, 7) is 0.508. The Bertz CT molecular complexity index is 1180. The van der Waals surface area contributed by atoms with E-state index < -0.39 is 5.92 Å². The number of ketones is 1. The number of hydrogen-bond donors (Lipinski definition) is 0. The monoisotopic (exact) mass is 470 g/mol. The number of aromatic nitrogens is 1. The second-order valence-corrected chi connectivity index (χ2v) is 8.58. The van der Waals surface area contributed by atoms with E-state index in [0.717, 1.165) is 17.5 Å². The van der Waals surface area contributed by atoms with Gasteiger partial charge in [0.25, 0.3) is 0 Å². The van der Waals surface area contributed by atoms with Gasteiger partial charge in [0.05, 0.1) is 20.3 Å². The Labute approximate surface area is 206 Å². The molecule has 0 fully saturated rings. The quantitative estimate of drug-likeness (QED) is 0.323. The molecule has 1 aliphatic heterocycles. The molecular formula is C29H30N2O4. The zero-order valence-electron chi connectivity index (χ0n) is 20.1. The summed E-state index contributed by atoms with van der Waals surface area (Å²) in [5, 5.41) is 0. The van der Waals surface area contributed by atoms with Crippen LogP contribution >= 0.6 is 0 Å². The van der Waals surface area contributed by atoms with Gasteiger partial charge in [-0.15, -0.1) is 0 Å². The van der Waals surface area contributed by atoms with Crippen molar-refractivity contribution in [3.05, 3.63) is 102 Å². The highest BCUT2D eigenvalue weighted by molar-refractivity contribution is 5.99. The Kier molecular flexibility index (Phi) is 7.93. The van der Waals surface area contributed by atoms with Crippen LogP contribution in [0.4, 0.5) is 0 Å². The number of Topliss-reactive ketones (excluding diaryl/α,β-unsaturated/α-hetero) is 1.